The molecule has 7 heteroatoms. The lowest BCUT2D eigenvalue weighted by atomic mass is 10.3. The van der Waals surface area contributed by atoms with Gasteiger partial charge >= 0.3 is 11.8 Å². The van der Waals surface area contributed by atoms with Crippen molar-refractivity contribution in [1.82, 2.24) is 15.1 Å². The zero-order valence-corrected chi connectivity index (χ0v) is 9.08. The van der Waals surface area contributed by atoms with E-state index in [-0.39, 0.29) is 0 Å². The molecule has 1 fully saturated rings. The summed E-state index contributed by atoms with van der Waals surface area (Å²) < 4.78 is 24.0. The van der Waals surface area contributed by atoms with Crippen LogP contribution in [-0.4, -0.2) is 67.8 Å². The molecule has 1 aliphatic heterocycles. The molecule has 1 heterocycles. The van der Waals surface area contributed by atoms with E-state index in [1.54, 1.807) is 0 Å². The molecule has 0 unspecified atom stereocenters. The summed E-state index contributed by atoms with van der Waals surface area (Å²) in [5.41, 5.74) is 0. The molecule has 0 aromatic rings. The lowest BCUT2D eigenvalue weighted by Crippen LogP contribution is -2.52. The minimum absolute atomic E-state index is 0.438. The van der Waals surface area contributed by atoms with E-state index in [1.165, 1.54) is 11.9 Å². The number of nitrogens with one attached hydrogen (secondary N) is 1. The maximum Gasteiger partial charge on any atom is 0.312 e. The van der Waals surface area contributed by atoms with Gasteiger partial charge in [0.2, 0.25) is 0 Å². The van der Waals surface area contributed by atoms with Crippen LogP contribution in [0.4, 0.5) is 8.78 Å². The molecular weight excluding hydrogens is 220 g/mol. The second-order valence-electron chi connectivity index (χ2n) is 3.62. The molecule has 0 bridgehead atoms. The molecular formula is C9H15F2N3O2. The van der Waals surface area contributed by atoms with Crippen molar-refractivity contribution in [3.8, 4) is 0 Å². The number of likely N-dealkylation sites (N-methyl/N-ethyl adjacent to an activating group) is 1. The summed E-state index contributed by atoms with van der Waals surface area (Å²) in [7, 11) is 1.20. The topological polar surface area (TPSA) is 52.7 Å². The van der Waals surface area contributed by atoms with Gasteiger partial charge in [-0.25, -0.2) is 8.78 Å². The average Bonchev–Trinajstić information content (AvgIpc) is 2.27. The van der Waals surface area contributed by atoms with Crippen LogP contribution in [0.25, 0.3) is 0 Å². The smallest absolute Gasteiger partial charge is 0.312 e. The number of halogens is 2. The number of hydrogen-bond donors (Lipinski definition) is 1. The van der Waals surface area contributed by atoms with Crippen molar-refractivity contribution >= 4 is 11.8 Å². The van der Waals surface area contributed by atoms with E-state index < -0.39 is 24.8 Å². The number of rotatable bonds is 2. The maximum absolute atomic E-state index is 12.0. The van der Waals surface area contributed by atoms with Crippen molar-refractivity contribution in [2.24, 2.45) is 0 Å². The number of carbonyl (C=O) groups is 2. The van der Waals surface area contributed by atoms with Crippen molar-refractivity contribution in [3.05, 3.63) is 0 Å². The number of piperazine rings is 1. The molecule has 1 N–H and O–H groups in total. The minimum atomic E-state index is -2.62. The van der Waals surface area contributed by atoms with Gasteiger partial charge in [0.25, 0.3) is 6.43 Å². The first-order valence-electron chi connectivity index (χ1n) is 5.05. The number of alkyl halides is 2. The fraction of sp³-hybridized carbons (Fsp3) is 0.778. The van der Waals surface area contributed by atoms with Crippen LogP contribution < -0.4 is 5.32 Å². The Labute approximate surface area is 92.4 Å². The number of amides is 2. The lowest BCUT2D eigenvalue weighted by molar-refractivity contribution is -0.152. The van der Waals surface area contributed by atoms with Crippen molar-refractivity contribution in [2.75, 3.05) is 39.8 Å². The molecule has 1 saturated heterocycles. The Morgan fingerprint density at radius 1 is 1.38 bits per heavy atom. The van der Waals surface area contributed by atoms with Gasteiger partial charge in [-0.1, -0.05) is 0 Å². The van der Waals surface area contributed by atoms with Crippen molar-refractivity contribution in [1.29, 1.82) is 0 Å². The Balaban J connectivity index is 2.48. The normalized spacial score (nSPS) is 16.4. The van der Waals surface area contributed by atoms with Crippen LogP contribution in [-0.2, 0) is 9.59 Å². The van der Waals surface area contributed by atoms with E-state index in [9.17, 15) is 18.4 Å². The molecule has 2 amide bonds. The predicted octanol–water partition coefficient (Wildman–Crippen LogP) is -0.858. The fourth-order valence-electron chi connectivity index (χ4n) is 1.46. The van der Waals surface area contributed by atoms with Gasteiger partial charge in [-0.3, -0.25) is 9.59 Å². The van der Waals surface area contributed by atoms with Gasteiger partial charge in [0.05, 0.1) is 6.54 Å². The second-order valence-corrected chi connectivity index (χ2v) is 3.62. The molecule has 16 heavy (non-hydrogen) atoms. The first-order valence-corrected chi connectivity index (χ1v) is 5.05. The van der Waals surface area contributed by atoms with E-state index in [0.717, 1.165) is 4.90 Å². The molecule has 0 saturated carbocycles. The Kier molecular flexibility index (Phi) is 4.60. The Morgan fingerprint density at radius 2 is 1.94 bits per heavy atom. The van der Waals surface area contributed by atoms with E-state index in [1.807, 2.05) is 0 Å². The predicted molar refractivity (Wildman–Crippen MR) is 53.1 cm³/mol. The summed E-state index contributed by atoms with van der Waals surface area (Å²) >= 11 is 0. The van der Waals surface area contributed by atoms with Crippen LogP contribution >= 0.6 is 0 Å². The molecule has 0 aromatic heterocycles. The first-order chi connectivity index (χ1) is 7.52. The van der Waals surface area contributed by atoms with Crippen LogP contribution in [0.2, 0.25) is 0 Å². The summed E-state index contributed by atoms with van der Waals surface area (Å²) in [4.78, 5) is 25.2. The third-order valence-corrected chi connectivity index (χ3v) is 2.35. The molecule has 1 aliphatic rings. The average molecular weight is 235 g/mol. The van der Waals surface area contributed by atoms with Crippen LogP contribution in [0.3, 0.4) is 0 Å². The maximum atomic E-state index is 12.0. The van der Waals surface area contributed by atoms with E-state index in [2.05, 4.69) is 5.32 Å². The van der Waals surface area contributed by atoms with Gasteiger partial charge < -0.3 is 15.1 Å². The number of carbonyl (C=O) groups excluding carboxylic acids is 2. The van der Waals surface area contributed by atoms with Crippen LogP contribution in [0, 0.1) is 0 Å². The van der Waals surface area contributed by atoms with Gasteiger partial charge in [0, 0.05) is 33.2 Å². The van der Waals surface area contributed by atoms with E-state index in [4.69, 9.17) is 0 Å². The largest absolute Gasteiger partial charge is 0.332 e. The molecule has 5 nitrogen and oxygen atoms in total. The first kappa shape index (κ1) is 12.8. The second kappa shape index (κ2) is 5.74. The summed E-state index contributed by atoms with van der Waals surface area (Å²) in [6.45, 7) is 1.41. The highest BCUT2D eigenvalue weighted by Crippen LogP contribution is 2.00. The zero-order chi connectivity index (χ0) is 12.1. The summed E-state index contributed by atoms with van der Waals surface area (Å²) in [6.07, 6.45) is -2.62. The van der Waals surface area contributed by atoms with Crippen molar-refractivity contribution < 1.29 is 18.4 Å². The molecule has 0 radical (unpaired) electrons. The highest BCUT2D eigenvalue weighted by Gasteiger charge is 2.27. The molecule has 92 valence electrons. The monoisotopic (exact) mass is 235 g/mol. The summed E-state index contributed by atoms with van der Waals surface area (Å²) in [5.74, 6) is -1.58. The van der Waals surface area contributed by atoms with Crippen molar-refractivity contribution in [3.63, 3.8) is 0 Å². The standard InChI is InChI=1S/C9H15F2N3O2/c1-13(6-7(10)11)8(15)9(16)14-4-2-12-3-5-14/h7,12H,2-6H2,1H3. The van der Waals surface area contributed by atoms with E-state index in [0.29, 0.717) is 26.2 Å². The van der Waals surface area contributed by atoms with Crippen molar-refractivity contribution in [2.45, 2.75) is 6.43 Å². The summed E-state index contributed by atoms with van der Waals surface area (Å²) in [6, 6.07) is 0. The fourth-order valence-corrected chi connectivity index (χ4v) is 1.46. The molecule has 1 rings (SSSR count). The van der Waals surface area contributed by atoms with Gasteiger partial charge in [0.1, 0.15) is 0 Å². The highest BCUT2D eigenvalue weighted by molar-refractivity contribution is 6.34. The lowest BCUT2D eigenvalue weighted by Gasteiger charge is -2.28. The van der Waals surface area contributed by atoms with E-state index >= 15 is 0 Å². The summed E-state index contributed by atoms with van der Waals surface area (Å²) in [5, 5.41) is 3.03. The zero-order valence-electron chi connectivity index (χ0n) is 9.08. The highest BCUT2D eigenvalue weighted by atomic mass is 19.3. The van der Waals surface area contributed by atoms with Gasteiger partial charge in [0.15, 0.2) is 0 Å². The van der Waals surface area contributed by atoms with Gasteiger partial charge in [-0.15, -0.1) is 0 Å². The quantitative estimate of drug-likeness (QED) is 0.634. The van der Waals surface area contributed by atoms with Crippen LogP contribution in [0.5, 0.6) is 0 Å². The molecule has 0 aliphatic carbocycles. The number of hydrogen-bond acceptors (Lipinski definition) is 3. The van der Waals surface area contributed by atoms with Gasteiger partial charge in [-0.2, -0.15) is 0 Å². The molecule has 0 aromatic carbocycles. The third-order valence-electron chi connectivity index (χ3n) is 2.35. The van der Waals surface area contributed by atoms with Crippen LogP contribution in [0.15, 0.2) is 0 Å². The minimum Gasteiger partial charge on any atom is -0.332 e. The molecule has 0 spiro atoms. The van der Waals surface area contributed by atoms with Crippen LogP contribution in [0.1, 0.15) is 0 Å². The Morgan fingerprint density at radius 3 is 2.44 bits per heavy atom. The Hall–Kier alpha value is -1.24. The SMILES string of the molecule is CN(CC(F)F)C(=O)C(=O)N1CCNCC1. The molecule has 0 atom stereocenters. The van der Waals surface area contributed by atoms with Gasteiger partial charge in [-0.05, 0) is 0 Å². The third kappa shape index (κ3) is 3.41. The number of nitrogens with zero attached hydrogens (tertiary/aromatic N) is 2. The Bertz CT molecular complexity index is 267.